The van der Waals surface area contributed by atoms with Crippen molar-refractivity contribution in [1.29, 1.82) is 0 Å². The number of hydrogen-bond donors (Lipinski definition) is 1. The molecule has 33 heavy (non-hydrogen) atoms. The highest BCUT2D eigenvalue weighted by molar-refractivity contribution is 7.92. The predicted molar refractivity (Wildman–Crippen MR) is 128 cm³/mol. The summed E-state index contributed by atoms with van der Waals surface area (Å²) in [5.41, 5.74) is 2.94. The zero-order chi connectivity index (χ0) is 23.8. The van der Waals surface area contributed by atoms with Crippen LogP contribution in [-0.2, 0) is 21.2 Å². The summed E-state index contributed by atoms with van der Waals surface area (Å²) in [7, 11) is -3.41. The standard InChI is InChI=1S/C23H23N3O5S2/c1-4-31-22(28)20-19(15-8-6-5-7-9-15)24-23(32-20)25-21(27)16-10-11-18-17(13-16)12-14(2)26(18)33(3,29)30/h5-11,13-14H,4,12H2,1-3H3,(H,24,25,27). The monoisotopic (exact) mass is 485 g/mol. The molecular formula is C23H23N3O5S2. The van der Waals surface area contributed by atoms with E-state index in [1.54, 1.807) is 25.1 Å². The lowest BCUT2D eigenvalue weighted by Gasteiger charge is -2.21. The Labute approximate surface area is 196 Å². The van der Waals surface area contributed by atoms with Crippen molar-refractivity contribution in [2.45, 2.75) is 26.3 Å². The van der Waals surface area contributed by atoms with Gasteiger partial charge in [0.2, 0.25) is 10.0 Å². The second kappa shape index (κ2) is 8.95. The molecule has 0 fully saturated rings. The summed E-state index contributed by atoms with van der Waals surface area (Å²) >= 11 is 1.05. The molecule has 0 bridgehead atoms. The zero-order valence-corrected chi connectivity index (χ0v) is 20.0. The van der Waals surface area contributed by atoms with Crippen LogP contribution in [0.25, 0.3) is 11.3 Å². The Morgan fingerprint density at radius 3 is 2.61 bits per heavy atom. The lowest BCUT2D eigenvalue weighted by atomic mass is 10.1. The largest absolute Gasteiger partial charge is 0.462 e. The summed E-state index contributed by atoms with van der Waals surface area (Å²) in [5.74, 6) is -0.895. The van der Waals surface area contributed by atoms with Gasteiger partial charge in [-0.05, 0) is 44.0 Å². The molecule has 1 unspecified atom stereocenters. The second-order valence-corrected chi connectivity index (χ2v) is 10.6. The molecule has 1 aromatic heterocycles. The van der Waals surface area contributed by atoms with Gasteiger partial charge in [-0.1, -0.05) is 41.7 Å². The number of aromatic nitrogens is 1. The van der Waals surface area contributed by atoms with Crippen molar-refractivity contribution < 1.29 is 22.7 Å². The Kier molecular flexibility index (Phi) is 6.22. The molecule has 1 amide bonds. The Morgan fingerprint density at radius 1 is 1.21 bits per heavy atom. The molecule has 0 saturated carbocycles. The van der Waals surface area contributed by atoms with Crippen LogP contribution in [0.5, 0.6) is 0 Å². The van der Waals surface area contributed by atoms with Crippen LogP contribution >= 0.6 is 11.3 Å². The quantitative estimate of drug-likeness (QED) is 0.530. The second-order valence-electron chi connectivity index (χ2n) is 7.69. The molecule has 0 aliphatic carbocycles. The number of carbonyl (C=O) groups excluding carboxylic acids is 2. The number of esters is 1. The molecule has 1 atom stereocenters. The van der Waals surface area contributed by atoms with Crippen molar-refractivity contribution in [3.05, 3.63) is 64.5 Å². The molecule has 0 spiro atoms. The number of sulfonamides is 1. The molecule has 1 N–H and O–H groups in total. The van der Waals surface area contributed by atoms with Crippen LogP contribution in [0, 0.1) is 0 Å². The van der Waals surface area contributed by atoms with Crippen molar-refractivity contribution in [2.75, 3.05) is 22.5 Å². The SMILES string of the molecule is CCOC(=O)c1sc(NC(=O)c2ccc3c(c2)CC(C)N3S(C)(=O)=O)nc1-c1ccccc1. The van der Waals surface area contributed by atoms with E-state index in [1.165, 1.54) is 10.6 Å². The van der Waals surface area contributed by atoms with Gasteiger partial charge in [0.1, 0.15) is 4.88 Å². The van der Waals surface area contributed by atoms with Gasteiger partial charge in [-0.2, -0.15) is 0 Å². The highest BCUT2D eigenvalue weighted by atomic mass is 32.2. The lowest BCUT2D eigenvalue weighted by molar-refractivity contribution is 0.0532. The highest BCUT2D eigenvalue weighted by Crippen LogP contribution is 2.35. The minimum absolute atomic E-state index is 0.215. The summed E-state index contributed by atoms with van der Waals surface area (Å²) in [5, 5.41) is 3.03. The molecule has 2 heterocycles. The lowest BCUT2D eigenvalue weighted by Crippen LogP contribution is -2.34. The third kappa shape index (κ3) is 4.62. The minimum atomic E-state index is -3.41. The van der Waals surface area contributed by atoms with Gasteiger partial charge < -0.3 is 4.74 Å². The average Bonchev–Trinajstić information content (AvgIpc) is 3.34. The zero-order valence-electron chi connectivity index (χ0n) is 18.4. The Balaban J connectivity index is 1.62. The number of hydrogen-bond acceptors (Lipinski definition) is 7. The maximum Gasteiger partial charge on any atom is 0.350 e. The highest BCUT2D eigenvalue weighted by Gasteiger charge is 2.33. The number of carbonyl (C=O) groups is 2. The number of thiazole rings is 1. The summed E-state index contributed by atoms with van der Waals surface area (Å²) < 4.78 is 30.8. The van der Waals surface area contributed by atoms with Crippen LogP contribution in [0.3, 0.4) is 0 Å². The molecule has 2 aromatic carbocycles. The van der Waals surface area contributed by atoms with Gasteiger partial charge in [0.25, 0.3) is 5.91 Å². The molecule has 0 saturated heterocycles. The normalized spacial score (nSPS) is 15.2. The van der Waals surface area contributed by atoms with Crippen molar-refractivity contribution in [3.63, 3.8) is 0 Å². The van der Waals surface area contributed by atoms with E-state index in [2.05, 4.69) is 10.3 Å². The number of fused-ring (bicyclic) bond motifs is 1. The number of rotatable bonds is 6. The van der Waals surface area contributed by atoms with E-state index in [0.717, 1.165) is 22.5 Å². The third-order valence-corrected chi connectivity index (χ3v) is 7.43. The first-order valence-electron chi connectivity index (χ1n) is 10.4. The Hall–Kier alpha value is -3.24. The van der Waals surface area contributed by atoms with E-state index in [9.17, 15) is 18.0 Å². The first kappa shape index (κ1) is 22.9. The molecular weight excluding hydrogens is 462 g/mol. The number of nitrogens with one attached hydrogen (secondary N) is 1. The molecule has 4 rings (SSSR count). The first-order valence-corrected chi connectivity index (χ1v) is 13.0. The van der Waals surface area contributed by atoms with Crippen LogP contribution in [-0.4, -0.2) is 44.2 Å². The van der Waals surface area contributed by atoms with Gasteiger partial charge in [0, 0.05) is 17.2 Å². The van der Waals surface area contributed by atoms with Gasteiger partial charge in [-0.15, -0.1) is 0 Å². The molecule has 10 heteroatoms. The van der Waals surface area contributed by atoms with Crippen LogP contribution in [0.1, 0.15) is 39.4 Å². The van der Waals surface area contributed by atoms with Crippen LogP contribution in [0.2, 0.25) is 0 Å². The van der Waals surface area contributed by atoms with Crippen molar-refractivity contribution in [1.82, 2.24) is 4.98 Å². The summed E-state index contributed by atoms with van der Waals surface area (Å²) in [6.45, 7) is 3.78. The first-order chi connectivity index (χ1) is 15.7. The van der Waals surface area contributed by atoms with Crippen LogP contribution in [0.4, 0.5) is 10.8 Å². The molecule has 8 nitrogen and oxygen atoms in total. The maximum absolute atomic E-state index is 12.9. The van der Waals surface area contributed by atoms with E-state index in [0.29, 0.717) is 28.2 Å². The molecule has 3 aromatic rings. The number of benzene rings is 2. The molecule has 1 aliphatic heterocycles. The topological polar surface area (TPSA) is 106 Å². The summed E-state index contributed by atoms with van der Waals surface area (Å²) in [6, 6.07) is 13.9. The number of nitrogens with zero attached hydrogens (tertiary/aromatic N) is 2. The van der Waals surface area contributed by atoms with Crippen molar-refractivity contribution in [2.24, 2.45) is 0 Å². The van der Waals surface area contributed by atoms with Gasteiger partial charge in [0.05, 0.1) is 24.2 Å². The molecule has 1 aliphatic rings. The van der Waals surface area contributed by atoms with Gasteiger partial charge >= 0.3 is 5.97 Å². The van der Waals surface area contributed by atoms with Gasteiger partial charge in [-0.25, -0.2) is 18.2 Å². The number of anilines is 2. The summed E-state index contributed by atoms with van der Waals surface area (Å²) in [4.78, 5) is 30.2. The average molecular weight is 486 g/mol. The number of ether oxygens (including phenoxy) is 1. The van der Waals surface area contributed by atoms with E-state index >= 15 is 0 Å². The molecule has 172 valence electrons. The molecule has 0 radical (unpaired) electrons. The van der Waals surface area contributed by atoms with Crippen molar-refractivity contribution in [3.8, 4) is 11.3 Å². The fraction of sp³-hybridized carbons (Fsp3) is 0.261. The van der Waals surface area contributed by atoms with E-state index < -0.39 is 21.9 Å². The third-order valence-electron chi connectivity index (χ3n) is 5.21. The number of amides is 1. The maximum atomic E-state index is 12.9. The van der Waals surface area contributed by atoms with E-state index in [4.69, 9.17) is 4.74 Å². The van der Waals surface area contributed by atoms with E-state index in [1.807, 2.05) is 37.3 Å². The van der Waals surface area contributed by atoms with Gasteiger partial charge in [-0.3, -0.25) is 14.4 Å². The Morgan fingerprint density at radius 2 is 1.94 bits per heavy atom. The fourth-order valence-corrected chi connectivity index (χ4v) is 6.06. The fourth-order valence-electron chi connectivity index (χ4n) is 3.92. The predicted octanol–water partition coefficient (Wildman–Crippen LogP) is 3.95. The smallest absolute Gasteiger partial charge is 0.350 e. The van der Waals surface area contributed by atoms with Crippen molar-refractivity contribution >= 4 is 44.1 Å². The minimum Gasteiger partial charge on any atom is -0.462 e. The van der Waals surface area contributed by atoms with Gasteiger partial charge in [0.15, 0.2) is 5.13 Å². The van der Waals surface area contributed by atoms with Crippen LogP contribution in [0.15, 0.2) is 48.5 Å². The summed E-state index contributed by atoms with van der Waals surface area (Å²) in [6.07, 6.45) is 1.69. The van der Waals surface area contributed by atoms with Crippen LogP contribution < -0.4 is 9.62 Å². The Bertz CT molecular complexity index is 1320. The van der Waals surface area contributed by atoms with E-state index in [-0.39, 0.29) is 17.8 Å².